The number of hydrogen-bond acceptors (Lipinski definition) is 6. The first-order valence-corrected chi connectivity index (χ1v) is 20.6. The highest BCUT2D eigenvalue weighted by molar-refractivity contribution is 5.70. The molecule has 0 saturated heterocycles. The van der Waals surface area contributed by atoms with Crippen molar-refractivity contribution in [1.29, 1.82) is 0 Å². The summed E-state index contributed by atoms with van der Waals surface area (Å²) in [4.78, 5) is 28.0. The van der Waals surface area contributed by atoms with Crippen LogP contribution in [0.25, 0.3) is 0 Å². The molecule has 0 heterocycles. The van der Waals surface area contributed by atoms with Crippen LogP contribution >= 0.6 is 0 Å². The van der Waals surface area contributed by atoms with E-state index in [0.29, 0.717) is 38.5 Å². The minimum atomic E-state index is -0.126. The van der Waals surface area contributed by atoms with Crippen molar-refractivity contribution in [2.24, 2.45) is 11.8 Å². The molecule has 0 rings (SSSR count). The molecule has 0 aliphatic heterocycles. The van der Waals surface area contributed by atoms with Crippen LogP contribution < -0.4 is 0 Å². The lowest BCUT2D eigenvalue weighted by molar-refractivity contribution is -0.150. The summed E-state index contributed by atoms with van der Waals surface area (Å²) < 4.78 is 11.7. The van der Waals surface area contributed by atoms with Crippen LogP contribution in [-0.4, -0.2) is 61.4 Å². The molecule has 0 spiro atoms. The third-order valence-electron chi connectivity index (χ3n) is 9.59. The Balaban J connectivity index is 4.93. The SMILES string of the molecule is CCCCCCCCCCC(=O)OCC(CCCCN(CC=C(C)C)CCO)COC(=O)CC(CCCCCC)CCCCCCCC. The Morgan fingerprint density at radius 2 is 1.04 bits per heavy atom. The number of allylic oxidation sites excluding steroid dienone is 1. The molecule has 6 heteroatoms. The van der Waals surface area contributed by atoms with E-state index >= 15 is 0 Å². The minimum absolute atomic E-state index is 0.0158. The van der Waals surface area contributed by atoms with Crippen molar-refractivity contribution in [3.63, 3.8) is 0 Å². The number of rotatable bonds is 36. The normalized spacial score (nSPS) is 12.6. The molecule has 0 aromatic rings. The summed E-state index contributed by atoms with van der Waals surface area (Å²) in [7, 11) is 0. The van der Waals surface area contributed by atoms with E-state index in [2.05, 4.69) is 45.6 Å². The fourth-order valence-electron chi connectivity index (χ4n) is 6.34. The third-order valence-corrected chi connectivity index (χ3v) is 9.59. The maximum absolute atomic E-state index is 13.1. The average Bonchev–Trinajstić information content (AvgIpc) is 3.07. The van der Waals surface area contributed by atoms with Gasteiger partial charge in [-0.25, -0.2) is 0 Å². The lowest BCUT2D eigenvalue weighted by Gasteiger charge is -2.21. The van der Waals surface area contributed by atoms with Crippen LogP contribution in [0, 0.1) is 11.8 Å². The van der Waals surface area contributed by atoms with Gasteiger partial charge in [-0.05, 0) is 58.4 Å². The van der Waals surface area contributed by atoms with Gasteiger partial charge in [-0.15, -0.1) is 0 Å². The van der Waals surface area contributed by atoms with Crippen molar-refractivity contribution >= 4 is 11.9 Å². The van der Waals surface area contributed by atoms with E-state index < -0.39 is 0 Å². The predicted molar refractivity (Wildman–Crippen MR) is 204 cm³/mol. The van der Waals surface area contributed by atoms with Crippen molar-refractivity contribution in [3.05, 3.63) is 11.6 Å². The summed E-state index contributed by atoms with van der Waals surface area (Å²) in [6.07, 6.45) is 30.4. The summed E-state index contributed by atoms with van der Waals surface area (Å²) in [6, 6.07) is 0. The van der Waals surface area contributed by atoms with Crippen LogP contribution in [0.5, 0.6) is 0 Å². The summed E-state index contributed by atoms with van der Waals surface area (Å²) in [5, 5.41) is 9.49. The first-order valence-electron chi connectivity index (χ1n) is 20.6. The Kier molecular flexibility index (Phi) is 34.4. The first-order chi connectivity index (χ1) is 23.4. The molecule has 6 nitrogen and oxygen atoms in total. The molecule has 0 amide bonds. The van der Waals surface area contributed by atoms with Gasteiger partial charge in [0.05, 0.1) is 19.8 Å². The zero-order chi connectivity index (χ0) is 35.5. The topological polar surface area (TPSA) is 76.1 Å². The molecule has 0 aromatic heterocycles. The summed E-state index contributed by atoms with van der Waals surface area (Å²) in [5.41, 5.74) is 1.28. The quantitative estimate of drug-likeness (QED) is 0.0403. The molecule has 2 unspecified atom stereocenters. The maximum atomic E-state index is 13.1. The molecule has 0 fully saturated rings. The molecular formula is C42H81NO5. The van der Waals surface area contributed by atoms with Gasteiger partial charge in [0.1, 0.15) is 0 Å². The Hall–Kier alpha value is -1.40. The molecule has 2 atom stereocenters. The van der Waals surface area contributed by atoms with Crippen molar-refractivity contribution < 1.29 is 24.2 Å². The van der Waals surface area contributed by atoms with E-state index in [1.165, 1.54) is 108 Å². The zero-order valence-electron chi connectivity index (χ0n) is 32.7. The third kappa shape index (κ3) is 31.8. The van der Waals surface area contributed by atoms with Crippen LogP contribution in [0.1, 0.15) is 195 Å². The predicted octanol–water partition coefficient (Wildman–Crippen LogP) is 11.4. The summed E-state index contributed by atoms with van der Waals surface area (Å²) >= 11 is 0. The summed E-state index contributed by atoms with van der Waals surface area (Å²) in [5.74, 6) is 0.204. The molecule has 48 heavy (non-hydrogen) atoms. The van der Waals surface area contributed by atoms with Crippen molar-refractivity contribution in [2.75, 3.05) is 39.5 Å². The van der Waals surface area contributed by atoms with Gasteiger partial charge in [-0.2, -0.15) is 0 Å². The van der Waals surface area contributed by atoms with Crippen LogP contribution in [0.15, 0.2) is 11.6 Å². The molecule has 0 aliphatic rings. The fraction of sp³-hybridized carbons (Fsp3) is 0.905. The monoisotopic (exact) mass is 680 g/mol. The Bertz CT molecular complexity index is 750. The summed E-state index contributed by atoms with van der Waals surface area (Å²) in [6.45, 7) is 14.2. The van der Waals surface area contributed by atoms with Gasteiger partial charge in [0.2, 0.25) is 0 Å². The number of hydrogen-bond donors (Lipinski definition) is 1. The van der Waals surface area contributed by atoms with E-state index in [1.54, 1.807) is 0 Å². The van der Waals surface area contributed by atoms with Gasteiger partial charge in [0.15, 0.2) is 0 Å². The molecule has 0 radical (unpaired) electrons. The van der Waals surface area contributed by atoms with Crippen LogP contribution in [-0.2, 0) is 19.1 Å². The highest BCUT2D eigenvalue weighted by atomic mass is 16.5. The van der Waals surface area contributed by atoms with Gasteiger partial charge >= 0.3 is 11.9 Å². The van der Waals surface area contributed by atoms with Crippen LogP contribution in [0.3, 0.4) is 0 Å². The minimum Gasteiger partial charge on any atom is -0.465 e. The Morgan fingerprint density at radius 1 is 0.583 bits per heavy atom. The zero-order valence-corrected chi connectivity index (χ0v) is 32.7. The second-order valence-electron chi connectivity index (χ2n) is 14.7. The number of nitrogens with zero attached hydrogens (tertiary/aromatic N) is 1. The fourth-order valence-corrected chi connectivity index (χ4v) is 6.34. The second kappa shape index (κ2) is 35.4. The molecule has 0 bridgehead atoms. The highest BCUT2D eigenvalue weighted by Crippen LogP contribution is 2.23. The largest absolute Gasteiger partial charge is 0.465 e. The molecule has 0 aromatic carbocycles. The first kappa shape index (κ1) is 46.6. The van der Waals surface area contributed by atoms with Crippen molar-refractivity contribution in [2.45, 2.75) is 195 Å². The standard InChI is InChI=1S/C42H81NO5/c1-6-9-12-15-17-18-20-23-29-41(45)47-36-40(28-24-25-31-43(33-34-44)32-30-38(4)5)37-48-42(46)35-39(26-21-14-11-8-3)27-22-19-16-13-10-7-2/h30,39-40,44H,6-29,31-37H2,1-5H3. The highest BCUT2D eigenvalue weighted by Gasteiger charge is 2.19. The lowest BCUT2D eigenvalue weighted by atomic mass is 9.91. The van der Waals surface area contributed by atoms with Gasteiger partial charge in [0.25, 0.3) is 0 Å². The van der Waals surface area contributed by atoms with E-state index in [9.17, 15) is 14.7 Å². The molecular weight excluding hydrogens is 598 g/mol. The molecule has 0 saturated carbocycles. The number of aliphatic hydroxyl groups excluding tert-OH is 1. The molecule has 284 valence electrons. The van der Waals surface area contributed by atoms with E-state index in [1.807, 2.05) is 0 Å². The average molecular weight is 680 g/mol. The number of unbranched alkanes of at least 4 members (excludes halogenated alkanes) is 16. The number of aliphatic hydroxyl groups is 1. The molecule has 0 aliphatic carbocycles. The number of esters is 2. The number of ether oxygens (including phenoxy) is 2. The van der Waals surface area contributed by atoms with E-state index in [4.69, 9.17) is 9.47 Å². The van der Waals surface area contributed by atoms with Crippen molar-refractivity contribution in [3.8, 4) is 0 Å². The lowest BCUT2D eigenvalue weighted by Crippen LogP contribution is -2.28. The van der Waals surface area contributed by atoms with Gasteiger partial charge in [-0.3, -0.25) is 14.5 Å². The van der Waals surface area contributed by atoms with Gasteiger partial charge in [0, 0.05) is 31.8 Å². The smallest absolute Gasteiger partial charge is 0.306 e. The van der Waals surface area contributed by atoms with E-state index in [0.717, 1.165) is 58.0 Å². The molecule has 1 N–H and O–H groups in total. The van der Waals surface area contributed by atoms with Crippen LogP contribution in [0.4, 0.5) is 0 Å². The Morgan fingerprint density at radius 3 is 1.58 bits per heavy atom. The van der Waals surface area contributed by atoms with Crippen LogP contribution in [0.2, 0.25) is 0 Å². The Labute approximate surface area is 298 Å². The van der Waals surface area contributed by atoms with E-state index in [-0.39, 0.29) is 24.5 Å². The number of carbonyl (C=O) groups excluding carboxylic acids is 2. The number of carbonyl (C=O) groups is 2. The van der Waals surface area contributed by atoms with Gasteiger partial charge < -0.3 is 14.6 Å². The van der Waals surface area contributed by atoms with Crippen molar-refractivity contribution in [1.82, 2.24) is 4.90 Å². The maximum Gasteiger partial charge on any atom is 0.306 e. The second-order valence-corrected chi connectivity index (χ2v) is 14.7. The van der Waals surface area contributed by atoms with Gasteiger partial charge in [-0.1, -0.05) is 148 Å².